The number of hydrogen-bond donors (Lipinski definition) is 0. The van der Waals surface area contributed by atoms with Crippen molar-refractivity contribution in [3.05, 3.63) is 12.2 Å². The van der Waals surface area contributed by atoms with Crippen molar-refractivity contribution in [2.45, 2.75) is 26.2 Å². The van der Waals surface area contributed by atoms with Crippen LogP contribution in [0.15, 0.2) is 12.2 Å². The maximum absolute atomic E-state index is 12.0. The van der Waals surface area contributed by atoms with E-state index in [-0.39, 0.29) is 12.0 Å². The number of rotatable bonds is 4. The van der Waals surface area contributed by atoms with Crippen LogP contribution in [0.3, 0.4) is 0 Å². The number of piperidine rings is 1. The molecule has 0 aromatic carbocycles. The van der Waals surface area contributed by atoms with Gasteiger partial charge in [0.1, 0.15) is 0 Å². The van der Waals surface area contributed by atoms with Gasteiger partial charge >= 0.3 is 6.09 Å². The van der Waals surface area contributed by atoms with Gasteiger partial charge in [-0.2, -0.15) is 0 Å². The molecule has 0 atom stereocenters. The molecule has 2 fully saturated rings. The molecular weight excluding hydrogens is 294 g/mol. The highest BCUT2D eigenvalue weighted by Gasteiger charge is 2.26. The molecule has 0 aliphatic carbocycles. The van der Waals surface area contributed by atoms with E-state index in [9.17, 15) is 9.59 Å². The van der Waals surface area contributed by atoms with E-state index >= 15 is 0 Å². The van der Waals surface area contributed by atoms with Gasteiger partial charge in [0, 0.05) is 52.2 Å². The van der Waals surface area contributed by atoms with E-state index in [1.165, 1.54) is 7.11 Å². The van der Waals surface area contributed by atoms with E-state index in [0.717, 1.165) is 64.2 Å². The molecule has 2 rings (SSSR count). The number of piperazine rings is 1. The number of carbonyl (C=O) groups excluding carboxylic acids is 2. The zero-order chi connectivity index (χ0) is 16.8. The highest BCUT2D eigenvalue weighted by Crippen LogP contribution is 2.20. The number of hydrogen-bond acceptors (Lipinski definition) is 4. The normalized spacial score (nSPS) is 20.4. The fourth-order valence-corrected chi connectivity index (χ4v) is 3.34. The SMILES string of the molecule is C=C(C)CC(=O)N1CCC(CN2CCN(C(=O)OC)CC2)CC1. The summed E-state index contributed by atoms with van der Waals surface area (Å²) >= 11 is 0. The van der Waals surface area contributed by atoms with Crippen LogP contribution < -0.4 is 0 Å². The average Bonchev–Trinajstić information content (AvgIpc) is 2.55. The molecule has 2 amide bonds. The second-order valence-electron chi connectivity index (χ2n) is 6.72. The summed E-state index contributed by atoms with van der Waals surface area (Å²) in [5.41, 5.74) is 0.931. The first-order valence-corrected chi connectivity index (χ1v) is 8.47. The molecule has 2 aliphatic rings. The van der Waals surface area contributed by atoms with Crippen molar-refractivity contribution in [3.8, 4) is 0 Å². The standard InChI is InChI=1S/C17H29N3O3/c1-14(2)12-16(21)19-6-4-15(5-7-19)13-18-8-10-20(11-9-18)17(22)23-3/h15H,1,4-13H2,2-3H3. The maximum Gasteiger partial charge on any atom is 0.409 e. The average molecular weight is 323 g/mol. The Morgan fingerprint density at radius 3 is 2.17 bits per heavy atom. The molecule has 0 radical (unpaired) electrons. The van der Waals surface area contributed by atoms with E-state index in [2.05, 4.69) is 11.5 Å². The lowest BCUT2D eigenvalue weighted by atomic mass is 9.95. The second-order valence-corrected chi connectivity index (χ2v) is 6.72. The fraction of sp³-hybridized carbons (Fsp3) is 0.765. The van der Waals surface area contributed by atoms with Crippen LogP contribution >= 0.6 is 0 Å². The van der Waals surface area contributed by atoms with Gasteiger partial charge in [-0.05, 0) is 25.7 Å². The number of amides is 2. The minimum atomic E-state index is -0.228. The van der Waals surface area contributed by atoms with Gasteiger partial charge in [0.15, 0.2) is 0 Å². The molecule has 0 aromatic heterocycles. The van der Waals surface area contributed by atoms with Crippen molar-refractivity contribution in [2.75, 3.05) is 52.9 Å². The first kappa shape index (κ1) is 17.8. The Balaban J connectivity index is 1.68. The molecule has 0 saturated carbocycles. The predicted octanol–water partition coefficient (Wildman–Crippen LogP) is 1.58. The highest BCUT2D eigenvalue weighted by molar-refractivity contribution is 5.78. The maximum atomic E-state index is 12.0. The van der Waals surface area contributed by atoms with Gasteiger partial charge < -0.3 is 14.5 Å². The van der Waals surface area contributed by atoms with Crippen molar-refractivity contribution in [1.82, 2.24) is 14.7 Å². The lowest BCUT2D eigenvalue weighted by molar-refractivity contribution is -0.131. The number of ether oxygens (including phenoxy) is 1. The summed E-state index contributed by atoms with van der Waals surface area (Å²) in [5, 5.41) is 0. The summed E-state index contributed by atoms with van der Waals surface area (Å²) in [6, 6.07) is 0. The van der Waals surface area contributed by atoms with Crippen molar-refractivity contribution in [3.63, 3.8) is 0 Å². The summed E-state index contributed by atoms with van der Waals surface area (Å²) in [6.07, 6.45) is 2.38. The van der Waals surface area contributed by atoms with Crippen LogP contribution in [0.4, 0.5) is 4.79 Å². The van der Waals surface area contributed by atoms with Crippen LogP contribution in [0.5, 0.6) is 0 Å². The third-order valence-electron chi connectivity index (χ3n) is 4.74. The summed E-state index contributed by atoms with van der Waals surface area (Å²) in [4.78, 5) is 29.7. The van der Waals surface area contributed by atoms with Crippen molar-refractivity contribution < 1.29 is 14.3 Å². The predicted molar refractivity (Wildman–Crippen MR) is 89.2 cm³/mol. The largest absolute Gasteiger partial charge is 0.453 e. The lowest BCUT2D eigenvalue weighted by Crippen LogP contribution is -2.50. The van der Waals surface area contributed by atoms with Crippen LogP contribution in [-0.4, -0.2) is 79.6 Å². The molecule has 0 unspecified atom stereocenters. The Kier molecular flexibility index (Phi) is 6.45. The Morgan fingerprint density at radius 2 is 1.65 bits per heavy atom. The summed E-state index contributed by atoms with van der Waals surface area (Å²) in [6.45, 7) is 11.8. The van der Waals surface area contributed by atoms with Gasteiger partial charge in [0.05, 0.1) is 7.11 Å². The summed E-state index contributed by atoms with van der Waals surface area (Å²) < 4.78 is 4.76. The van der Waals surface area contributed by atoms with Gasteiger partial charge in [0.2, 0.25) is 5.91 Å². The third kappa shape index (κ3) is 5.23. The second kappa shape index (κ2) is 8.34. The van der Waals surface area contributed by atoms with Gasteiger partial charge in [-0.25, -0.2) is 4.79 Å². The summed E-state index contributed by atoms with van der Waals surface area (Å²) in [5.74, 6) is 0.858. The topological polar surface area (TPSA) is 53.1 Å². The highest BCUT2D eigenvalue weighted by atomic mass is 16.5. The Hall–Kier alpha value is -1.56. The molecular formula is C17H29N3O3. The molecule has 2 saturated heterocycles. The molecule has 6 nitrogen and oxygen atoms in total. The first-order valence-electron chi connectivity index (χ1n) is 8.47. The van der Waals surface area contributed by atoms with Crippen molar-refractivity contribution >= 4 is 12.0 Å². The van der Waals surface area contributed by atoms with Crippen LogP contribution in [0, 0.1) is 5.92 Å². The number of nitrogens with zero attached hydrogens (tertiary/aromatic N) is 3. The molecule has 2 aliphatic heterocycles. The zero-order valence-electron chi connectivity index (χ0n) is 14.4. The van der Waals surface area contributed by atoms with Gasteiger partial charge in [-0.1, -0.05) is 12.2 Å². The van der Waals surface area contributed by atoms with E-state index in [1.54, 1.807) is 4.90 Å². The Labute approximate surface area is 139 Å². The quantitative estimate of drug-likeness (QED) is 0.737. The Morgan fingerprint density at radius 1 is 1.04 bits per heavy atom. The monoisotopic (exact) mass is 323 g/mol. The molecule has 0 N–H and O–H groups in total. The van der Waals surface area contributed by atoms with Crippen LogP contribution in [-0.2, 0) is 9.53 Å². The van der Waals surface area contributed by atoms with Crippen LogP contribution in [0.1, 0.15) is 26.2 Å². The Bertz CT molecular complexity index is 436. The lowest BCUT2D eigenvalue weighted by Gasteiger charge is -2.38. The van der Waals surface area contributed by atoms with E-state index in [0.29, 0.717) is 12.3 Å². The minimum absolute atomic E-state index is 0.211. The first-order chi connectivity index (χ1) is 11.0. The third-order valence-corrected chi connectivity index (χ3v) is 4.74. The molecule has 0 bridgehead atoms. The number of likely N-dealkylation sites (tertiary alicyclic amines) is 1. The minimum Gasteiger partial charge on any atom is -0.453 e. The van der Waals surface area contributed by atoms with Gasteiger partial charge in [0.25, 0.3) is 0 Å². The molecule has 0 spiro atoms. The molecule has 0 aromatic rings. The molecule has 6 heteroatoms. The van der Waals surface area contributed by atoms with Gasteiger partial charge in [-0.3, -0.25) is 9.69 Å². The number of methoxy groups -OCH3 is 1. The van der Waals surface area contributed by atoms with E-state index in [1.807, 2.05) is 11.8 Å². The van der Waals surface area contributed by atoms with E-state index in [4.69, 9.17) is 4.74 Å². The fourth-order valence-electron chi connectivity index (χ4n) is 3.34. The van der Waals surface area contributed by atoms with E-state index < -0.39 is 0 Å². The van der Waals surface area contributed by atoms with Gasteiger partial charge in [-0.15, -0.1) is 0 Å². The van der Waals surface area contributed by atoms with Crippen LogP contribution in [0.2, 0.25) is 0 Å². The summed E-state index contributed by atoms with van der Waals surface area (Å²) in [7, 11) is 1.43. The zero-order valence-corrected chi connectivity index (χ0v) is 14.4. The van der Waals surface area contributed by atoms with Crippen LogP contribution in [0.25, 0.3) is 0 Å². The molecule has 23 heavy (non-hydrogen) atoms. The molecule has 130 valence electrons. The number of carbonyl (C=O) groups is 2. The smallest absolute Gasteiger partial charge is 0.409 e. The molecule has 2 heterocycles. The van der Waals surface area contributed by atoms with Crippen molar-refractivity contribution in [2.24, 2.45) is 5.92 Å². The van der Waals surface area contributed by atoms with Crippen molar-refractivity contribution in [1.29, 1.82) is 0 Å².